The third-order valence-electron chi connectivity index (χ3n) is 2.67. The van der Waals surface area contributed by atoms with E-state index in [2.05, 4.69) is 5.32 Å². The lowest BCUT2D eigenvalue weighted by Gasteiger charge is -2.08. The van der Waals surface area contributed by atoms with Crippen LogP contribution in [0.3, 0.4) is 0 Å². The number of amides is 1. The van der Waals surface area contributed by atoms with Crippen molar-refractivity contribution in [3.8, 4) is 0 Å². The summed E-state index contributed by atoms with van der Waals surface area (Å²) in [5.74, 6) is -0.0391. The molecule has 0 spiro atoms. The molecule has 0 aliphatic heterocycles. The lowest BCUT2D eigenvalue weighted by atomic mass is 10.1. The molecule has 0 aliphatic rings. The van der Waals surface area contributed by atoms with Crippen molar-refractivity contribution in [1.82, 2.24) is 0 Å². The molecule has 0 atom stereocenters. The Hall–Kier alpha value is -1.67. The van der Waals surface area contributed by atoms with Crippen molar-refractivity contribution < 1.29 is 18.1 Å². The van der Waals surface area contributed by atoms with Crippen molar-refractivity contribution in [2.75, 3.05) is 5.32 Å². The molecule has 9 heteroatoms. The van der Waals surface area contributed by atoms with Crippen molar-refractivity contribution in [3.63, 3.8) is 0 Å². The molecule has 1 N–H and O–H groups in total. The van der Waals surface area contributed by atoms with Gasteiger partial charge in [-0.25, -0.2) is 8.42 Å². The van der Waals surface area contributed by atoms with Gasteiger partial charge in [0.05, 0.1) is 9.82 Å². The van der Waals surface area contributed by atoms with Crippen LogP contribution < -0.4 is 5.32 Å². The summed E-state index contributed by atoms with van der Waals surface area (Å²) in [6.45, 7) is 3.91. The summed E-state index contributed by atoms with van der Waals surface area (Å²) in [4.78, 5) is 21.5. The van der Waals surface area contributed by atoms with E-state index in [9.17, 15) is 23.3 Å². The molecule has 116 valence electrons. The van der Waals surface area contributed by atoms with Crippen molar-refractivity contribution in [1.29, 1.82) is 0 Å². The Morgan fingerprint density at radius 2 is 2.05 bits per heavy atom. The van der Waals surface area contributed by atoms with Crippen LogP contribution in [0.25, 0.3) is 0 Å². The molecule has 21 heavy (non-hydrogen) atoms. The lowest BCUT2D eigenvalue weighted by Crippen LogP contribution is -2.13. The lowest BCUT2D eigenvalue weighted by molar-refractivity contribution is -0.384. The van der Waals surface area contributed by atoms with Crippen LogP contribution in [0.2, 0.25) is 0 Å². The van der Waals surface area contributed by atoms with E-state index in [0.717, 1.165) is 18.2 Å². The van der Waals surface area contributed by atoms with Gasteiger partial charge in [0.2, 0.25) is 5.91 Å². The summed E-state index contributed by atoms with van der Waals surface area (Å²) in [5, 5.41) is 13.4. The number of nitro groups is 1. The van der Waals surface area contributed by atoms with Gasteiger partial charge in [-0.15, -0.1) is 0 Å². The first-order valence-electron chi connectivity index (χ1n) is 6.14. The second-order valence-electron chi connectivity index (χ2n) is 4.85. The number of hydrogen-bond donors (Lipinski definition) is 1. The average molecular weight is 335 g/mol. The van der Waals surface area contributed by atoms with E-state index in [-0.39, 0.29) is 18.0 Å². The summed E-state index contributed by atoms with van der Waals surface area (Å²) >= 11 is 0. The highest BCUT2D eigenvalue weighted by Gasteiger charge is 2.21. The topological polar surface area (TPSA) is 106 Å². The highest BCUT2D eigenvalue weighted by Crippen LogP contribution is 2.29. The molecule has 0 aliphatic carbocycles. The van der Waals surface area contributed by atoms with E-state index in [1.807, 2.05) is 13.8 Å². The van der Waals surface area contributed by atoms with E-state index < -0.39 is 24.6 Å². The number of carbonyl (C=O) groups excluding carboxylic acids is 1. The quantitative estimate of drug-likeness (QED) is 0.489. The van der Waals surface area contributed by atoms with Gasteiger partial charge in [-0.2, -0.15) is 0 Å². The molecule has 0 saturated heterocycles. The summed E-state index contributed by atoms with van der Waals surface area (Å²) in [5.41, 5.74) is -0.576. The molecular weight excluding hydrogens is 320 g/mol. The van der Waals surface area contributed by atoms with E-state index in [1.54, 1.807) is 0 Å². The third kappa shape index (κ3) is 5.31. The summed E-state index contributed by atoms with van der Waals surface area (Å²) in [6, 6.07) is 3.08. The molecule has 1 aromatic carbocycles. The van der Waals surface area contributed by atoms with E-state index in [0.29, 0.717) is 12.3 Å². The first-order valence-corrected chi connectivity index (χ1v) is 8.45. The number of nitrogens with zero attached hydrogens (tertiary/aromatic N) is 1. The highest BCUT2D eigenvalue weighted by atomic mass is 35.7. The first kappa shape index (κ1) is 17.4. The molecule has 1 aromatic rings. The molecule has 0 aromatic heterocycles. The van der Waals surface area contributed by atoms with Crippen molar-refractivity contribution in [2.24, 2.45) is 5.92 Å². The Bertz CT molecular complexity index is 658. The number of benzene rings is 1. The van der Waals surface area contributed by atoms with E-state index >= 15 is 0 Å². The van der Waals surface area contributed by atoms with Crippen LogP contribution in [0, 0.1) is 16.0 Å². The Balaban J connectivity index is 3.03. The Morgan fingerprint density at radius 3 is 2.52 bits per heavy atom. The van der Waals surface area contributed by atoms with Crippen LogP contribution in [0.15, 0.2) is 23.1 Å². The van der Waals surface area contributed by atoms with Gasteiger partial charge in [-0.3, -0.25) is 14.9 Å². The maximum absolute atomic E-state index is 11.7. The Labute approximate surface area is 126 Å². The number of nitro benzene ring substituents is 1. The molecule has 1 amide bonds. The zero-order valence-corrected chi connectivity index (χ0v) is 13.1. The normalized spacial score (nSPS) is 11.4. The maximum atomic E-state index is 11.7. The van der Waals surface area contributed by atoms with Crippen LogP contribution in [0.1, 0.15) is 26.7 Å². The largest absolute Gasteiger partial charge is 0.320 e. The third-order valence-corrected chi connectivity index (χ3v) is 4.02. The van der Waals surface area contributed by atoms with Gasteiger partial charge in [0.15, 0.2) is 0 Å². The average Bonchev–Trinajstić information content (AvgIpc) is 2.35. The van der Waals surface area contributed by atoms with Crippen LogP contribution in [0.4, 0.5) is 11.4 Å². The molecule has 0 heterocycles. The van der Waals surface area contributed by atoms with Crippen LogP contribution in [0.5, 0.6) is 0 Å². The fourth-order valence-electron chi connectivity index (χ4n) is 1.55. The number of nitrogens with one attached hydrogen (secondary N) is 1. The minimum absolute atomic E-state index is 0.0576. The van der Waals surface area contributed by atoms with Crippen LogP contribution >= 0.6 is 10.7 Å². The molecule has 0 saturated carbocycles. The van der Waals surface area contributed by atoms with Crippen molar-refractivity contribution in [2.45, 2.75) is 31.6 Å². The van der Waals surface area contributed by atoms with Crippen LogP contribution in [-0.2, 0) is 13.8 Å². The van der Waals surface area contributed by atoms with E-state index in [4.69, 9.17) is 10.7 Å². The summed E-state index contributed by atoms with van der Waals surface area (Å²) in [6.07, 6.45) is 0.873. The highest BCUT2D eigenvalue weighted by molar-refractivity contribution is 8.13. The minimum atomic E-state index is -4.07. The SMILES string of the molecule is CC(C)CCC(=O)Nc1ccc(S(=O)(=O)Cl)cc1[N+](=O)[O-]. The van der Waals surface area contributed by atoms with E-state index in [1.165, 1.54) is 0 Å². The number of halogens is 1. The van der Waals surface area contributed by atoms with Gasteiger partial charge in [0.25, 0.3) is 14.7 Å². The molecule has 1 rings (SSSR count). The van der Waals surface area contributed by atoms with Gasteiger partial charge in [0.1, 0.15) is 5.69 Å². The molecule has 0 radical (unpaired) electrons. The molecule has 0 fully saturated rings. The van der Waals surface area contributed by atoms with Gasteiger partial charge in [-0.05, 0) is 24.5 Å². The second kappa shape index (κ2) is 6.86. The zero-order valence-electron chi connectivity index (χ0n) is 11.5. The predicted octanol–water partition coefficient (Wildman–Crippen LogP) is 2.90. The monoisotopic (exact) mass is 334 g/mol. The predicted molar refractivity (Wildman–Crippen MR) is 78.8 cm³/mol. The summed E-state index contributed by atoms with van der Waals surface area (Å²) < 4.78 is 22.3. The van der Waals surface area contributed by atoms with Gasteiger partial charge in [-0.1, -0.05) is 13.8 Å². The first-order chi connectivity index (χ1) is 9.61. The molecule has 0 unspecified atom stereocenters. The zero-order chi connectivity index (χ0) is 16.2. The van der Waals surface area contributed by atoms with Gasteiger partial charge < -0.3 is 5.32 Å². The Morgan fingerprint density at radius 1 is 1.43 bits per heavy atom. The molecule has 0 bridgehead atoms. The smallest absolute Gasteiger partial charge is 0.294 e. The van der Waals surface area contributed by atoms with Gasteiger partial charge in [0, 0.05) is 23.2 Å². The number of anilines is 1. The standard InChI is InChI=1S/C12H15ClN2O5S/c1-8(2)3-6-12(16)14-10-5-4-9(21(13,19)20)7-11(10)15(17)18/h4-5,7-8H,3,6H2,1-2H3,(H,14,16). The fraction of sp³-hybridized carbons (Fsp3) is 0.417. The van der Waals surface area contributed by atoms with Crippen molar-refractivity contribution in [3.05, 3.63) is 28.3 Å². The summed E-state index contributed by atoms with van der Waals surface area (Å²) in [7, 11) is 1.07. The van der Waals surface area contributed by atoms with Crippen LogP contribution in [-0.4, -0.2) is 19.2 Å². The molecule has 7 nitrogen and oxygen atoms in total. The number of rotatable bonds is 6. The number of hydrogen-bond acceptors (Lipinski definition) is 5. The Kier molecular flexibility index (Phi) is 5.68. The second-order valence-corrected chi connectivity index (χ2v) is 7.42. The maximum Gasteiger partial charge on any atom is 0.294 e. The number of carbonyl (C=O) groups is 1. The minimum Gasteiger partial charge on any atom is -0.320 e. The molecular formula is C12H15ClN2O5S. The fourth-order valence-corrected chi connectivity index (χ4v) is 2.32. The van der Waals surface area contributed by atoms with Gasteiger partial charge >= 0.3 is 0 Å². The van der Waals surface area contributed by atoms with Crippen molar-refractivity contribution >= 4 is 37.0 Å².